The van der Waals surface area contributed by atoms with Gasteiger partial charge in [0.05, 0.1) is 39.3 Å². The van der Waals surface area contributed by atoms with E-state index in [0.29, 0.717) is 51.1 Å². The number of ether oxygens (including phenoxy) is 2. The summed E-state index contributed by atoms with van der Waals surface area (Å²) in [6.07, 6.45) is 3.38. The molecule has 2 heterocycles. The van der Waals surface area contributed by atoms with Crippen molar-refractivity contribution in [1.82, 2.24) is 15.1 Å². The lowest BCUT2D eigenvalue weighted by molar-refractivity contribution is 0.0494. The van der Waals surface area contributed by atoms with Crippen LogP contribution in [0.15, 0.2) is 29.2 Å². The molecule has 0 atom stereocenters. The highest BCUT2D eigenvalue weighted by molar-refractivity contribution is 7.92. The lowest BCUT2D eigenvalue weighted by Gasteiger charge is -2.11. The summed E-state index contributed by atoms with van der Waals surface area (Å²) >= 11 is 0. The minimum Gasteiger partial charge on any atom is -0.462 e. The summed E-state index contributed by atoms with van der Waals surface area (Å²) in [5.41, 5.74) is 2.49. The van der Waals surface area contributed by atoms with E-state index >= 15 is 0 Å². The van der Waals surface area contributed by atoms with Crippen molar-refractivity contribution in [1.29, 1.82) is 0 Å². The second kappa shape index (κ2) is 12.3. The lowest BCUT2D eigenvalue weighted by atomic mass is 10.1. The van der Waals surface area contributed by atoms with Gasteiger partial charge in [-0.15, -0.1) is 0 Å². The Balaban J connectivity index is 1.65. The topological polar surface area (TPSA) is 117 Å². The molecule has 1 aliphatic rings. The third-order valence-corrected chi connectivity index (χ3v) is 8.06. The fourth-order valence-corrected chi connectivity index (χ4v) is 5.05. The molecule has 0 bridgehead atoms. The van der Waals surface area contributed by atoms with Gasteiger partial charge >= 0.3 is 5.97 Å². The van der Waals surface area contributed by atoms with Gasteiger partial charge in [0.1, 0.15) is 0 Å². The van der Waals surface area contributed by atoms with E-state index in [1.807, 2.05) is 11.6 Å². The van der Waals surface area contributed by atoms with Crippen LogP contribution in [-0.4, -0.2) is 61.7 Å². The molecule has 35 heavy (non-hydrogen) atoms. The number of nitrogens with zero attached hydrogens (tertiary/aromatic N) is 2. The van der Waals surface area contributed by atoms with Crippen molar-refractivity contribution < 1.29 is 27.5 Å². The first-order valence-corrected chi connectivity index (χ1v) is 13.8. The van der Waals surface area contributed by atoms with Crippen LogP contribution in [0.4, 0.5) is 0 Å². The van der Waals surface area contributed by atoms with Gasteiger partial charge in [-0.05, 0) is 57.7 Å². The molecule has 0 saturated carbocycles. The minimum absolute atomic E-state index is 0.104. The number of amides is 1. The molecule has 192 valence electrons. The molecule has 2 aromatic rings. The first-order valence-electron chi connectivity index (χ1n) is 12.2. The van der Waals surface area contributed by atoms with Gasteiger partial charge in [0.15, 0.2) is 9.84 Å². The SMILES string of the molecule is CCc1nn(CCCOC(=O)c2cccc(S(=O)(=O)C(C)C)c2)c2c1C(=O)NCCCOCCC2. The van der Waals surface area contributed by atoms with E-state index in [1.165, 1.54) is 12.1 Å². The molecule has 1 amide bonds. The fraction of sp³-hybridized carbons (Fsp3) is 0.560. The molecule has 1 aliphatic heterocycles. The Kier molecular flexibility index (Phi) is 9.45. The summed E-state index contributed by atoms with van der Waals surface area (Å²) in [4.78, 5) is 25.4. The predicted octanol–water partition coefficient (Wildman–Crippen LogP) is 2.96. The third kappa shape index (κ3) is 6.70. The standard InChI is InChI=1S/C25H35N3O6S/c1-4-21-23-22(11-6-14-33-15-7-12-26-24(23)29)28(27-21)13-8-16-34-25(30)19-9-5-10-20(17-19)35(31,32)18(2)3/h5,9-10,17-18H,4,6-8,11-16H2,1-3H3,(H,26,29). The Labute approximate surface area is 207 Å². The zero-order valence-corrected chi connectivity index (χ0v) is 21.5. The minimum atomic E-state index is -3.48. The van der Waals surface area contributed by atoms with Crippen LogP contribution in [0.2, 0.25) is 0 Å². The summed E-state index contributed by atoms with van der Waals surface area (Å²) in [5.74, 6) is -0.677. The van der Waals surface area contributed by atoms with Gasteiger partial charge < -0.3 is 14.8 Å². The highest BCUT2D eigenvalue weighted by Crippen LogP contribution is 2.20. The molecule has 0 fully saturated rings. The molecule has 0 aliphatic carbocycles. The smallest absolute Gasteiger partial charge is 0.338 e. The Morgan fingerprint density at radius 2 is 2.03 bits per heavy atom. The number of hydrogen-bond donors (Lipinski definition) is 1. The quantitative estimate of drug-likeness (QED) is 0.433. The number of esters is 1. The number of fused-ring (bicyclic) bond motifs is 1. The first-order chi connectivity index (χ1) is 16.8. The van der Waals surface area contributed by atoms with E-state index in [4.69, 9.17) is 9.47 Å². The zero-order valence-electron chi connectivity index (χ0n) is 20.7. The van der Waals surface area contributed by atoms with Crippen molar-refractivity contribution in [2.75, 3.05) is 26.4 Å². The normalized spacial score (nSPS) is 15.3. The summed E-state index contributed by atoms with van der Waals surface area (Å²) in [6.45, 7) is 7.63. The van der Waals surface area contributed by atoms with Gasteiger partial charge in [-0.25, -0.2) is 13.2 Å². The second-order valence-corrected chi connectivity index (χ2v) is 11.3. The molecular weight excluding hydrogens is 470 g/mol. The number of carbonyl (C=O) groups is 2. The molecule has 1 aromatic carbocycles. The highest BCUT2D eigenvalue weighted by Gasteiger charge is 2.23. The number of rotatable bonds is 8. The average molecular weight is 506 g/mol. The molecule has 0 unspecified atom stereocenters. The van der Waals surface area contributed by atoms with Gasteiger partial charge in [-0.2, -0.15) is 5.10 Å². The molecular formula is C25H35N3O6S. The van der Waals surface area contributed by atoms with Gasteiger partial charge in [0.25, 0.3) is 5.91 Å². The number of hydrogen-bond acceptors (Lipinski definition) is 7. The van der Waals surface area contributed by atoms with Crippen LogP contribution < -0.4 is 5.32 Å². The van der Waals surface area contributed by atoms with Crippen LogP contribution >= 0.6 is 0 Å². The first kappa shape index (κ1) is 26.9. The monoisotopic (exact) mass is 505 g/mol. The van der Waals surface area contributed by atoms with Crippen molar-refractivity contribution in [3.05, 3.63) is 46.8 Å². The summed E-state index contributed by atoms with van der Waals surface area (Å²) in [6, 6.07) is 5.93. The fourth-order valence-electron chi connectivity index (χ4n) is 3.94. The molecule has 1 aromatic heterocycles. The van der Waals surface area contributed by atoms with Gasteiger partial charge in [0, 0.05) is 32.7 Å². The van der Waals surface area contributed by atoms with Crippen LogP contribution in [-0.2, 0) is 38.7 Å². The van der Waals surface area contributed by atoms with Crippen molar-refractivity contribution in [2.24, 2.45) is 0 Å². The maximum absolute atomic E-state index is 12.8. The summed E-state index contributed by atoms with van der Waals surface area (Å²) in [5, 5.41) is 7.05. The molecule has 0 saturated heterocycles. The molecule has 1 N–H and O–H groups in total. The number of aromatic nitrogens is 2. The predicted molar refractivity (Wildman–Crippen MR) is 131 cm³/mol. The highest BCUT2D eigenvalue weighted by atomic mass is 32.2. The molecule has 10 heteroatoms. The maximum atomic E-state index is 12.8. The van der Waals surface area contributed by atoms with E-state index in [1.54, 1.807) is 26.0 Å². The van der Waals surface area contributed by atoms with Crippen LogP contribution in [0, 0.1) is 0 Å². The van der Waals surface area contributed by atoms with Gasteiger partial charge in [-0.1, -0.05) is 13.0 Å². The van der Waals surface area contributed by atoms with Gasteiger partial charge in [-0.3, -0.25) is 9.48 Å². The number of benzene rings is 1. The van der Waals surface area contributed by atoms with E-state index in [9.17, 15) is 18.0 Å². The van der Waals surface area contributed by atoms with Gasteiger partial charge in [0.2, 0.25) is 0 Å². The molecule has 0 radical (unpaired) electrons. The van der Waals surface area contributed by atoms with Crippen LogP contribution in [0.3, 0.4) is 0 Å². The van der Waals surface area contributed by atoms with Crippen LogP contribution in [0.1, 0.15) is 72.1 Å². The zero-order chi connectivity index (χ0) is 25.4. The number of nitrogens with one attached hydrogen (secondary N) is 1. The Hall–Kier alpha value is -2.72. The van der Waals surface area contributed by atoms with E-state index < -0.39 is 21.1 Å². The van der Waals surface area contributed by atoms with Crippen LogP contribution in [0.5, 0.6) is 0 Å². The van der Waals surface area contributed by atoms with E-state index in [-0.39, 0.29) is 23.0 Å². The maximum Gasteiger partial charge on any atom is 0.338 e. The third-order valence-electron chi connectivity index (χ3n) is 5.91. The Morgan fingerprint density at radius 1 is 1.26 bits per heavy atom. The lowest BCUT2D eigenvalue weighted by Crippen LogP contribution is -2.26. The van der Waals surface area contributed by atoms with Crippen molar-refractivity contribution in [3.8, 4) is 0 Å². The summed E-state index contributed by atoms with van der Waals surface area (Å²) in [7, 11) is -3.48. The van der Waals surface area contributed by atoms with Crippen molar-refractivity contribution in [2.45, 2.75) is 69.6 Å². The van der Waals surface area contributed by atoms with E-state index in [0.717, 1.165) is 24.2 Å². The Bertz CT molecular complexity index is 1140. The van der Waals surface area contributed by atoms with Crippen molar-refractivity contribution >= 4 is 21.7 Å². The van der Waals surface area contributed by atoms with E-state index in [2.05, 4.69) is 10.4 Å². The Morgan fingerprint density at radius 3 is 2.77 bits per heavy atom. The largest absolute Gasteiger partial charge is 0.462 e. The molecule has 0 spiro atoms. The number of sulfone groups is 1. The molecule has 9 nitrogen and oxygen atoms in total. The van der Waals surface area contributed by atoms with Crippen molar-refractivity contribution in [3.63, 3.8) is 0 Å². The molecule has 3 rings (SSSR count). The van der Waals surface area contributed by atoms with Crippen LogP contribution in [0.25, 0.3) is 0 Å². The number of aryl methyl sites for hydroxylation is 2. The second-order valence-electron chi connectivity index (χ2n) is 8.78. The summed E-state index contributed by atoms with van der Waals surface area (Å²) < 4.78 is 37.7. The average Bonchev–Trinajstić information content (AvgIpc) is 3.18. The number of carbonyl (C=O) groups excluding carboxylic acids is 2.